The van der Waals surface area contributed by atoms with Gasteiger partial charge in [0.2, 0.25) is 0 Å². The summed E-state index contributed by atoms with van der Waals surface area (Å²) in [5.41, 5.74) is 1.57. The lowest BCUT2D eigenvalue weighted by atomic mass is 9.94. The molecule has 4 amide bonds. The van der Waals surface area contributed by atoms with Crippen LogP contribution in [0.4, 0.5) is 9.59 Å². The number of ether oxygens (including phenoxy) is 1. The summed E-state index contributed by atoms with van der Waals surface area (Å²) in [6, 6.07) is 6.09. The summed E-state index contributed by atoms with van der Waals surface area (Å²) < 4.78 is 5.36. The van der Waals surface area contributed by atoms with Crippen LogP contribution >= 0.6 is 11.6 Å². The summed E-state index contributed by atoms with van der Waals surface area (Å²) in [6.07, 6.45) is 0. The van der Waals surface area contributed by atoms with E-state index < -0.39 is 12.0 Å². The zero-order valence-electron chi connectivity index (χ0n) is 19.6. The van der Waals surface area contributed by atoms with E-state index in [1.165, 1.54) is 4.90 Å². The van der Waals surface area contributed by atoms with E-state index in [-0.39, 0.29) is 24.7 Å². The van der Waals surface area contributed by atoms with Gasteiger partial charge in [-0.15, -0.1) is 0 Å². The number of carbonyl (C=O) groups excluding carboxylic acids is 3. The van der Waals surface area contributed by atoms with Crippen molar-refractivity contribution in [2.75, 3.05) is 46.4 Å². The third-order valence-electron chi connectivity index (χ3n) is 5.73. The molecule has 3 rings (SSSR count). The number of rotatable bonds is 6. The Balaban J connectivity index is 1.88. The van der Waals surface area contributed by atoms with Gasteiger partial charge in [0.15, 0.2) is 0 Å². The van der Waals surface area contributed by atoms with Gasteiger partial charge < -0.3 is 20.3 Å². The van der Waals surface area contributed by atoms with Crippen molar-refractivity contribution in [1.29, 1.82) is 0 Å². The lowest BCUT2D eigenvalue weighted by molar-refractivity contribution is -0.139. The Kier molecular flexibility index (Phi) is 8.20. The molecular formula is C23H32ClN5O4. The van der Waals surface area contributed by atoms with Gasteiger partial charge in [0, 0.05) is 56.5 Å². The van der Waals surface area contributed by atoms with Crippen LogP contribution in [0.5, 0.6) is 0 Å². The molecule has 2 N–H and O–H groups in total. The van der Waals surface area contributed by atoms with Gasteiger partial charge in [-0.05, 0) is 32.4 Å². The molecule has 0 aliphatic carbocycles. The Bertz CT molecular complexity index is 927. The fraction of sp³-hybridized carbons (Fsp3) is 0.522. The first kappa shape index (κ1) is 24.9. The van der Waals surface area contributed by atoms with Crippen molar-refractivity contribution in [1.82, 2.24) is 25.3 Å². The number of urea groups is 2. The Morgan fingerprint density at radius 3 is 2.48 bits per heavy atom. The number of benzene rings is 1. The number of likely N-dealkylation sites (N-methyl/N-ethyl adjacent to an activating group) is 1. The van der Waals surface area contributed by atoms with E-state index in [9.17, 15) is 14.4 Å². The van der Waals surface area contributed by atoms with E-state index in [0.717, 1.165) is 0 Å². The Morgan fingerprint density at radius 2 is 1.88 bits per heavy atom. The van der Waals surface area contributed by atoms with Crippen molar-refractivity contribution in [3.05, 3.63) is 46.1 Å². The summed E-state index contributed by atoms with van der Waals surface area (Å²) in [7, 11) is 1.64. The zero-order chi connectivity index (χ0) is 24.1. The standard InChI is InChI=1S/C23H32ClN5O4/c1-5-33-21(30)19-18(14-28-10-12-29(13-11-28)23(32)25-15(2)3)27(4)22(31)26-20(19)16-8-6-7-9-17(16)24/h6-9,15,20H,5,10-14H2,1-4H3,(H,25,32)(H,26,31). The largest absolute Gasteiger partial charge is 0.463 e. The average molecular weight is 478 g/mol. The summed E-state index contributed by atoms with van der Waals surface area (Å²) in [5, 5.41) is 6.25. The summed E-state index contributed by atoms with van der Waals surface area (Å²) in [6.45, 7) is 8.55. The molecular weight excluding hydrogens is 446 g/mol. The maximum atomic E-state index is 13.1. The second-order valence-electron chi connectivity index (χ2n) is 8.41. The molecule has 0 radical (unpaired) electrons. The summed E-state index contributed by atoms with van der Waals surface area (Å²) >= 11 is 6.42. The van der Waals surface area contributed by atoms with Gasteiger partial charge >= 0.3 is 18.0 Å². The first-order chi connectivity index (χ1) is 15.7. The molecule has 2 heterocycles. The maximum absolute atomic E-state index is 13.1. The third-order valence-corrected chi connectivity index (χ3v) is 6.08. The number of hydrogen-bond acceptors (Lipinski definition) is 5. The van der Waals surface area contributed by atoms with Crippen LogP contribution in [-0.2, 0) is 9.53 Å². The molecule has 2 aliphatic heterocycles. The van der Waals surface area contributed by atoms with Crippen LogP contribution in [-0.4, -0.2) is 85.2 Å². The first-order valence-corrected chi connectivity index (χ1v) is 11.6. The lowest BCUT2D eigenvalue weighted by Gasteiger charge is -2.39. The first-order valence-electron chi connectivity index (χ1n) is 11.2. The number of amides is 4. The summed E-state index contributed by atoms with van der Waals surface area (Å²) in [5.74, 6) is -0.487. The molecule has 1 aromatic rings. The van der Waals surface area contributed by atoms with Gasteiger partial charge in [-0.25, -0.2) is 14.4 Å². The predicted octanol–water partition coefficient (Wildman–Crippen LogP) is 2.59. The number of hydrogen-bond donors (Lipinski definition) is 2. The van der Waals surface area contributed by atoms with Crippen LogP contribution < -0.4 is 10.6 Å². The van der Waals surface area contributed by atoms with Crippen molar-refractivity contribution >= 4 is 29.6 Å². The van der Waals surface area contributed by atoms with Gasteiger partial charge in [-0.1, -0.05) is 29.8 Å². The van der Waals surface area contributed by atoms with Gasteiger partial charge in [-0.2, -0.15) is 0 Å². The minimum atomic E-state index is -0.713. The van der Waals surface area contributed by atoms with Crippen LogP contribution in [0, 0.1) is 0 Å². The minimum absolute atomic E-state index is 0.0731. The maximum Gasteiger partial charge on any atom is 0.338 e. The van der Waals surface area contributed by atoms with Gasteiger partial charge in [-0.3, -0.25) is 9.80 Å². The lowest BCUT2D eigenvalue weighted by Crippen LogP contribution is -2.55. The molecule has 1 fully saturated rings. The van der Waals surface area contributed by atoms with Crippen molar-refractivity contribution in [3.63, 3.8) is 0 Å². The normalized spacial score (nSPS) is 19.6. The average Bonchev–Trinajstić information content (AvgIpc) is 2.77. The third kappa shape index (κ3) is 5.78. The van der Waals surface area contributed by atoms with E-state index in [1.54, 1.807) is 37.1 Å². The molecule has 1 aromatic carbocycles. The van der Waals surface area contributed by atoms with E-state index >= 15 is 0 Å². The molecule has 1 atom stereocenters. The van der Waals surface area contributed by atoms with Crippen LogP contribution in [0.25, 0.3) is 0 Å². The molecule has 0 saturated carbocycles. The second-order valence-corrected chi connectivity index (χ2v) is 8.82. The van der Waals surface area contributed by atoms with Crippen LogP contribution in [0.1, 0.15) is 32.4 Å². The predicted molar refractivity (Wildman–Crippen MR) is 126 cm³/mol. The highest BCUT2D eigenvalue weighted by Gasteiger charge is 2.38. The Labute approximate surface area is 199 Å². The van der Waals surface area contributed by atoms with Crippen molar-refractivity contribution in [3.8, 4) is 0 Å². The number of carbonyl (C=O) groups is 3. The number of nitrogens with zero attached hydrogens (tertiary/aromatic N) is 3. The molecule has 33 heavy (non-hydrogen) atoms. The number of esters is 1. The van der Waals surface area contributed by atoms with Crippen molar-refractivity contribution in [2.45, 2.75) is 32.9 Å². The van der Waals surface area contributed by atoms with Gasteiger partial charge in [0.1, 0.15) is 0 Å². The SMILES string of the molecule is CCOC(=O)C1=C(CN2CCN(C(=O)NC(C)C)CC2)N(C)C(=O)NC1c1ccccc1Cl. The Morgan fingerprint density at radius 1 is 1.21 bits per heavy atom. The number of halogens is 1. The number of piperazine rings is 1. The quantitative estimate of drug-likeness (QED) is 0.614. The molecule has 180 valence electrons. The highest BCUT2D eigenvalue weighted by molar-refractivity contribution is 6.31. The molecule has 1 unspecified atom stereocenters. The van der Waals surface area contributed by atoms with E-state index in [4.69, 9.17) is 16.3 Å². The molecule has 9 nitrogen and oxygen atoms in total. The van der Waals surface area contributed by atoms with E-state index in [1.807, 2.05) is 19.9 Å². The highest BCUT2D eigenvalue weighted by Crippen LogP contribution is 2.34. The summed E-state index contributed by atoms with van der Waals surface area (Å²) in [4.78, 5) is 43.5. The highest BCUT2D eigenvalue weighted by atomic mass is 35.5. The van der Waals surface area contributed by atoms with Crippen molar-refractivity contribution < 1.29 is 19.1 Å². The minimum Gasteiger partial charge on any atom is -0.463 e. The van der Waals surface area contributed by atoms with Gasteiger partial charge in [0.25, 0.3) is 0 Å². The van der Waals surface area contributed by atoms with Crippen LogP contribution in [0.3, 0.4) is 0 Å². The van der Waals surface area contributed by atoms with Crippen LogP contribution in [0.2, 0.25) is 5.02 Å². The molecule has 0 aromatic heterocycles. The zero-order valence-corrected chi connectivity index (χ0v) is 20.3. The van der Waals surface area contributed by atoms with Crippen molar-refractivity contribution in [2.24, 2.45) is 0 Å². The fourth-order valence-electron chi connectivity index (χ4n) is 4.00. The van der Waals surface area contributed by atoms with Crippen LogP contribution in [0.15, 0.2) is 35.5 Å². The van der Waals surface area contributed by atoms with E-state index in [0.29, 0.717) is 54.6 Å². The van der Waals surface area contributed by atoms with E-state index in [2.05, 4.69) is 15.5 Å². The smallest absolute Gasteiger partial charge is 0.338 e. The monoisotopic (exact) mass is 477 g/mol. The Hall–Kier alpha value is -2.78. The molecule has 0 spiro atoms. The van der Waals surface area contributed by atoms with Gasteiger partial charge in [0.05, 0.1) is 18.2 Å². The number of nitrogens with one attached hydrogen (secondary N) is 2. The molecule has 0 bridgehead atoms. The topological polar surface area (TPSA) is 94.2 Å². The molecule has 1 saturated heterocycles. The molecule has 2 aliphatic rings. The fourth-order valence-corrected chi connectivity index (χ4v) is 4.24. The molecule has 10 heteroatoms. The second kappa shape index (κ2) is 10.9.